The highest BCUT2D eigenvalue weighted by molar-refractivity contribution is 6.04. The molecule has 5 heteroatoms. The fraction of sp³-hybridized carbons (Fsp3) is 0.231. The summed E-state index contributed by atoms with van der Waals surface area (Å²) >= 11 is 0. The summed E-state index contributed by atoms with van der Waals surface area (Å²) in [5.41, 5.74) is 4.13. The monoisotopic (exact) mass is 416 g/mol. The fourth-order valence-electron chi connectivity index (χ4n) is 3.06. The number of rotatable bonds is 7. The molecule has 2 amide bonds. The molecule has 0 fully saturated rings. The lowest BCUT2D eigenvalue weighted by atomic mass is 10.0. The van der Waals surface area contributed by atoms with Crippen LogP contribution in [0.4, 0.5) is 11.4 Å². The second-order valence-electron chi connectivity index (χ2n) is 7.87. The van der Waals surface area contributed by atoms with E-state index in [1.807, 2.05) is 49.4 Å². The third-order valence-corrected chi connectivity index (χ3v) is 4.92. The molecule has 0 saturated carbocycles. The van der Waals surface area contributed by atoms with E-state index in [9.17, 15) is 9.59 Å². The first kappa shape index (κ1) is 22.1. The summed E-state index contributed by atoms with van der Waals surface area (Å²) in [4.78, 5) is 24.8. The maximum atomic E-state index is 12.5. The van der Waals surface area contributed by atoms with Crippen LogP contribution in [0.25, 0.3) is 0 Å². The molecule has 0 aliphatic carbocycles. The quantitative estimate of drug-likeness (QED) is 0.513. The lowest BCUT2D eigenvalue weighted by Gasteiger charge is -2.16. The summed E-state index contributed by atoms with van der Waals surface area (Å²) in [7, 11) is 0. The summed E-state index contributed by atoms with van der Waals surface area (Å²) in [5.74, 6) is 0.677. The van der Waals surface area contributed by atoms with E-state index in [4.69, 9.17) is 4.74 Å². The Bertz CT molecular complexity index is 1040. The minimum atomic E-state index is -0.648. The van der Waals surface area contributed by atoms with E-state index in [-0.39, 0.29) is 11.8 Å². The van der Waals surface area contributed by atoms with Crippen molar-refractivity contribution in [3.63, 3.8) is 0 Å². The number of hydrogen-bond donors (Lipinski definition) is 2. The third kappa shape index (κ3) is 6.19. The van der Waals surface area contributed by atoms with Crippen molar-refractivity contribution in [3.05, 3.63) is 89.5 Å². The highest BCUT2D eigenvalue weighted by Gasteiger charge is 2.15. The van der Waals surface area contributed by atoms with Crippen molar-refractivity contribution in [1.29, 1.82) is 0 Å². The van der Waals surface area contributed by atoms with Crippen LogP contribution in [0.1, 0.15) is 48.2 Å². The van der Waals surface area contributed by atoms with E-state index in [0.29, 0.717) is 28.6 Å². The zero-order chi connectivity index (χ0) is 22.4. The van der Waals surface area contributed by atoms with Crippen molar-refractivity contribution >= 4 is 23.2 Å². The number of carbonyl (C=O) groups is 2. The van der Waals surface area contributed by atoms with Crippen LogP contribution in [0, 0.1) is 6.92 Å². The maximum Gasteiger partial charge on any atom is 0.265 e. The van der Waals surface area contributed by atoms with E-state index < -0.39 is 6.10 Å². The molecule has 0 bridgehead atoms. The average Bonchev–Trinajstić information content (AvgIpc) is 2.75. The molecule has 3 aromatic carbocycles. The molecular weight excluding hydrogens is 388 g/mol. The van der Waals surface area contributed by atoms with Gasteiger partial charge in [0.15, 0.2) is 6.10 Å². The summed E-state index contributed by atoms with van der Waals surface area (Å²) in [6.45, 7) is 7.91. The van der Waals surface area contributed by atoms with Crippen molar-refractivity contribution in [1.82, 2.24) is 0 Å². The van der Waals surface area contributed by atoms with E-state index >= 15 is 0 Å². The van der Waals surface area contributed by atoms with Crippen LogP contribution in [0.3, 0.4) is 0 Å². The molecule has 0 unspecified atom stereocenters. The second-order valence-corrected chi connectivity index (χ2v) is 7.87. The van der Waals surface area contributed by atoms with Crippen molar-refractivity contribution in [2.45, 2.75) is 39.7 Å². The Balaban J connectivity index is 1.54. The Morgan fingerprint density at radius 1 is 0.806 bits per heavy atom. The number of hydrogen-bond acceptors (Lipinski definition) is 3. The van der Waals surface area contributed by atoms with Crippen molar-refractivity contribution < 1.29 is 14.3 Å². The largest absolute Gasteiger partial charge is 0.481 e. The van der Waals surface area contributed by atoms with Crippen molar-refractivity contribution in [2.24, 2.45) is 0 Å². The Kier molecular flexibility index (Phi) is 7.08. The minimum absolute atomic E-state index is 0.175. The fourth-order valence-corrected chi connectivity index (χ4v) is 3.06. The molecular formula is C26H28N2O3. The topological polar surface area (TPSA) is 67.4 Å². The van der Waals surface area contributed by atoms with Gasteiger partial charge in [0.05, 0.1) is 0 Å². The lowest BCUT2D eigenvalue weighted by Crippen LogP contribution is -2.30. The standard InChI is InChI=1S/C26H28N2O3/c1-17(2)20-8-14-24(15-9-20)31-19(4)25(29)27-22-10-12-23(13-11-22)28-26(30)21-7-5-6-18(3)16-21/h5-17,19H,1-4H3,(H,27,29)(H,28,30)/t19-/m0/s1. The number of aryl methyl sites for hydroxylation is 1. The summed E-state index contributed by atoms with van der Waals surface area (Å²) in [5, 5.41) is 5.69. The number of carbonyl (C=O) groups excluding carboxylic acids is 2. The first-order chi connectivity index (χ1) is 14.8. The zero-order valence-electron chi connectivity index (χ0n) is 18.3. The molecule has 0 spiro atoms. The molecule has 160 valence electrons. The number of amides is 2. The Hall–Kier alpha value is -3.60. The molecule has 0 aliphatic heterocycles. The zero-order valence-corrected chi connectivity index (χ0v) is 18.3. The molecule has 0 heterocycles. The van der Waals surface area contributed by atoms with Gasteiger partial charge in [-0.05, 0) is 73.9 Å². The van der Waals surface area contributed by atoms with Gasteiger partial charge in [0.2, 0.25) is 0 Å². The van der Waals surface area contributed by atoms with E-state index in [1.54, 1.807) is 37.3 Å². The SMILES string of the molecule is Cc1cccc(C(=O)Nc2ccc(NC(=O)[C@H](C)Oc3ccc(C(C)C)cc3)cc2)c1. The lowest BCUT2D eigenvalue weighted by molar-refractivity contribution is -0.122. The summed E-state index contributed by atoms with van der Waals surface area (Å²) in [6.07, 6.45) is -0.648. The smallest absolute Gasteiger partial charge is 0.265 e. The second kappa shape index (κ2) is 9.94. The molecule has 2 N–H and O–H groups in total. The molecule has 0 aliphatic rings. The van der Waals surface area contributed by atoms with Gasteiger partial charge < -0.3 is 15.4 Å². The summed E-state index contributed by atoms with van der Waals surface area (Å²) < 4.78 is 5.75. The first-order valence-corrected chi connectivity index (χ1v) is 10.4. The van der Waals surface area contributed by atoms with Gasteiger partial charge in [-0.2, -0.15) is 0 Å². The predicted octanol–water partition coefficient (Wildman–Crippen LogP) is 5.78. The molecule has 0 saturated heterocycles. The van der Waals surface area contributed by atoms with Gasteiger partial charge in [0, 0.05) is 16.9 Å². The number of nitrogens with one attached hydrogen (secondary N) is 2. The Morgan fingerprint density at radius 2 is 1.42 bits per heavy atom. The van der Waals surface area contributed by atoms with Crippen LogP contribution in [-0.4, -0.2) is 17.9 Å². The molecule has 3 rings (SSSR count). The highest BCUT2D eigenvalue weighted by atomic mass is 16.5. The molecule has 31 heavy (non-hydrogen) atoms. The highest BCUT2D eigenvalue weighted by Crippen LogP contribution is 2.20. The van der Waals surface area contributed by atoms with Crippen LogP contribution in [-0.2, 0) is 4.79 Å². The van der Waals surface area contributed by atoms with Gasteiger partial charge in [0.25, 0.3) is 11.8 Å². The number of ether oxygens (including phenoxy) is 1. The van der Waals surface area contributed by atoms with Gasteiger partial charge in [0.1, 0.15) is 5.75 Å². The minimum Gasteiger partial charge on any atom is -0.481 e. The third-order valence-electron chi connectivity index (χ3n) is 4.92. The van der Waals surface area contributed by atoms with Gasteiger partial charge in [-0.15, -0.1) is 0 Å². The number of benzene rings is 3. The van der Waals surface area contributed by atoms with Crippen molar-refractivity contribution in [2.75, 3.05) is 10.6 Å². The van der Waals surface area contributed by atoms with Crippen LogP contribution in [0.15, 0.2) is 72.8 Å². The maximum absolute atomic E-state index is 12.5. The van der Waals surface area contributed by atoms with Crippen molar-refractivity contribution in [3.8, 4) is 5.75 Å². The van der Waals surface area contributed by atoms with Gasteiger partial charge in [-0.25, -0.2) is 0 Å². The molecule has 5 nitrogen and oxygen atoms in total. The Labute approximate surface area is 183 Å². The van der Waals surface area contributed by atoms with Crippen LogP contribution in [0.2, 0.25) is 0 Å². The van der Waals surface area contributed by atoms with Crippen LogP contribution in [0.5, 0.6) is 5.75 Å². The van der Waals surface area contributed by atoms with E-state index in [2.05, 4.69) is 24.5 Å². The van der Waals surface area contributed by atoms with Gasteiger partial charge >= 0.3 is 0 Å². The van der Waals surface area contributed by atoms with Crippen LogP contribution < -0.4 is 15.4 Å². The normalized spacial score (nSPS) is 11.6. The molecule has 1 atom stereocenters. The molecule has 0 aromatic heterocycles. The molecule has 0 radical (unpaired) electrons. The number of anilines is 2. The molecule has 3 aromatic rings. The summed E-state index contributed by atoms with van der Waals surface area (Å²) in [6, 6.07) is 22.2. The van der Waals surface area contributed by atoms with Gasteiger partial charge in [-0.1, -0.05) is 43.7 Å². The van der Waals surface area contributed by atoms with E-state index in [0.717, 1.165) is 5.56 Å². The average molecular weight is 417 g/mol. The van der Waals surface area contributed by atoms with Gasteiger partial charge in [-0.3, -0.25) is 9.59 Å². The van der Waals surface area contributed by atoms with Crippen LogP contribution >= 0.6 is 0 Å². The predicted molar refractivity (Wildman–Crippen MR) is 125 cm³/mol. The van der Waals surface area contributed by atoms with E-state index in [1.165, 1.54) is 5.56 Å². The Morgan fingerprint density at radius 3 is 2.00 bits per heavy atom. The first-order valence-electron chi connectivity index (χ1n) is 10.4.